The number of nitrogens with one attached hydrogen (secondary N) is 2. The lowest BCUT2D eigenvalue weighted by molar-refractivity contribution is 0.0665. The molecule has 0 aromatic heterocycles. The lowest BCUT2D eigenvalue weighted by Crippen LogP contribution is -2.34. The number of carbonyl (C=O) groups excluding carboxylic acids is 3. The Morgan fingerprint density at radius 2 is 1.53 bits per heavy atom. The number of rotatable bonds is 6. The molecule has 3 aromatic carbocycles. The monoisotopic (exact) mass is 401 g/mol. The van der Waals surface area contributed by atoms with Crippen molar-refractivity contribution in [2.45, 2.75) is 0 Å². The maximum atomic E-state index is 12.8. The molecule has 0 spiro atoms. The third-order valence-electron chi connectivity index (χ3n) is 4.80. The Bertz CT molecular complexity index is 1110. The predicted octanol–water partition coefficient (Wildman–Crippen LogP) is 3.61. The first-order chi connectivity index (χ1) is 14.6. The highest BCUT2D eigenvalue weighted by Crippen LogP contribution is 2.26. The maximum absolute atomic E-state index is 12.8. The van der Waals surface area contributed by atoms with Crippen molar-refractivity contribution < 1.29 is 19.1 Å². The number of benzene rings is 3. The quantitative estimate of drug-likeness (QED) is 0.616. The van der Waals surface area contributed by atoms with Crippen LogP contribution >= 0.6 is 0 Å². The second kappa shape index (κ2) is 8.08. The van der Waals surface area contributed by atoms with Gasteiger partial charge in [-0.25, -0.2) is 0 Å². The highest BCUT2D eigenvalue weighted by atomic mass is 16.5. The van der Waals surface area contributed by atoms with Gasteiger partial charge < -0.3 is 15.4 Å². The number of anilines is 2. The van der Waals surface area contributed by atoms with Crippen molar-refractivity contribution in [2.75, 3.05) is 24.4 Å². The summed E-state index contributed by atoms with van der Waals surface area (Å²) in [5, 5.41) is 5.82. The van der Waals surface area contributed by atoms with Gasteiger partial charge in [-0.05, 0) is 54.6 Å². The number of ether oxygens (including phenoxy) is 1. The molecule has 0 aliphatic carbocycles. The average molecular weight is 401 g/mol. The fraction of sp³-hybridized carbons (Fsp3) is 0.0870. The van der Waals surface area contributed by atoms with E-state index < -0.39 is 5.91 Å². The van der Waals surface area contributed by atoms with Crippen molar-refractivity contribution in [1.82, 2.24) is 4.90 Å². The Labute approximate surface area is 173 Å². The van der Waals surface area contributed by atoms with Crippen LogP contribution in [0.4, 0.5) is 11.4 Å². The first kappa shape index (κ1) is 19.2. The van der Waals surface area contributed by atoms with Crippen LogP contribution in [0.25, 0.3) is 0 Å². The van der Waals surface area contributed by atoms with E-state index in [1.807, 2.05) is 6.07 Å². The first-order valence-electron chi connectivity index (χ1n) is 9.31. The number of hydrogen-bond donors (Lipinski definition) is 2. The number of methoxy groups -OCH3 is 1. The highest BCUT2D eigenvalue weighted by molar-refractivity contribution is 6.22. The molecule has 4 rings (SSSR count). The Balaban J connectivity index is 1.46. The van der Waals surface area contributed by atoms with Gasteiger partial charge in [-0.15, -0.1) is 0 Å². The van der Waals surface area contributed by atoms with Crippen LogP contribution in [-0.4, -0.2) is 36.4 Å². The van der Waals surface area contributed by atoms with E-state index >= 15 is 0 Å². The summed E-state index contributed by atoms with van der Waals surface area (Å²) < 4.78 is 5.11. The van der Waals surface area contributed by atoms with Gasteiger partial charge in [-0.2, -0.15) is 0 Å². The molecule has 0 saturated carbocycles. The summed E-state index contributed by atoms with van der Waals surface area (Å²) in [6.07, 6.45) is 0. The fourth-order valence-corrected chi connectivity index (χ4v) is 3.18. The normalized spacial score (nSPS) is 12.5. The standard InChI is InChI=1S/C23H19N3O4/c1-30-18-10-7-16(8-11-18)24-14-26-22(28)19-12-9-17(13-20(19)23(26)29)25-21(27)15-5-3-2-4-6-15/h2-13,24H,14H2,1H3,(H,25,27). The lowest BCUT2D eigenvalue weighted by Gasteiger charge is -2.15. The summed E-state index contributed by atoms with van der Waals surface area (Å²) in [4.78, 5) is 38.9. The van der Waals surface area contributed by atoms with Gasteiger partial charge in [-0.3, -0.25) is 19.3 Å². The molecule has 1 heterocycles. The molecule has 7 heteroatoms. The second-order valence-electron chi connectivity index (χ2n) is 6.68. The second-order valence-corrected chi connectivity index (χ2v) is 6.68. The molecule has 1 aliphatic rings. The van der Waals surface area contributed by atoms with Crippen molar-refractivity contribution >= 4 is 29.1 Å². The number of amides is 3. The maximum Gasteiger partial charge on any atom is 0.263 e. The zero-order valence-electron chi connectivity index (χ0n) is 16.2. The Hall–Kier alpha value is -4.13. The fourth-order valence-electron chi connectivity index (χ4n) is 3.18. The summed E-state index contributed by atoms with van der Waals surface area (Å²) in [6.45, 7) is 0.0321. The summed E-state index contributed by atoms with van der Waals surface area (Å²) in [5.74, 6) is -0.361. The van der Waals surface area contributed by atoms with Gasteiger partial charge in [-0.1, -0.05) is 18.2 Å². The number of nitrogens with zero attached hydrogens (tertiary/aromatic N) is 1. The molecule has 0 saturated heterocycles. The number of imide groups is 1. The van der Waals surface area contributed by atoms with Gasteiger partial charge in [0.05, 0.1) is 24.9 Å². The molecule has 2 N–H and O–H groups in total. The van der Waals surface area contributed by atoms with Crippen LogP contribution in [0, 0.1) is 0 Å². The molecule has 0 unspecified atom stereocenters. The third-order valence-corrected chi connectivity index (χ3v) is 4.80. The number of hydrogen-bond acceptors (Lipinski definition) is 5. The summed E-state index contributed by atoms with van der Waals surface area (Å²) in [7, 11) is 1.58. The Morgan fingerprint density at radius 3 is 2.23 bits per heavy atom. The van der Waals surface area contributed by atoms with Crippen LogP contribution < -0.4 is 15.4 Å². The minimum absolute atomic E-state index is 0.0321. The molecule has 0 bridgehead atoms. The molecular weight excluding hydrogens is 382 g/mol. The van der Waals surface area contributed by atoms with Crippen molar-refractivity contribution in [2.24, 2.45) is 0 Å². The Kier molecular flexibility index (Phi) is 5.17. The molecular formula is C23H19N3O4. The molecule has 0 fully saturated rings. The third kappa shape index (κ3) is 3.73. The van der Waals surface area contributed by atoms with E-state index in [1.54, 1.807) is 67.8 Å². The van der Waals surface area contributed by atoms with Crippen molar-refractivity contribution in [1.29, 1.82) is 0 Å². The minimum Gasteiger partial charge on any atom is -0.497 e. The van der Waals surface area contributed by atoms with Crippen molar-refractivity contribution in [3.63, 3.8) is 0 Å². The highest BCUT2D eigenvalue weighted by Gasteiger charge is 2.35. The van der Waals surface area contributed by atoms with Gasteiger partial charge in [0.1, 0.15) is 5.75 Å². The first-order valence-corrected chi connectivity index (χ1v) is 9.31. The molecule has 1 aliphatic heterocycles. The molecule has 0 radical (unpaired) electrons. The van der Waals surface area contributed by atoms with Crippen molar-refractivity contribution in [3.8, 4) is 5.75 Å². The lowest BCUT2D eigenvalue weighted by atomic mass is 10.1. The molecule has 150 valence electrons. The molecule has 30 heavy (non-hydrogen) atoms. The van der Waals surface area contributed by atoms with Crippen LogP contribution in [0.1, 0.15) is 31.1 Å². The molecule has 3 amide bonds. The van der Waals surface area contributed by atoms with E-state index in [0.717, 1.165) is 10.6 Å². The van der Waals surface area contributed by atoms with Gasteiger partial charge in [0.25, 0.3) is 17.7 Å². The minimum atomic E-state index is -0.410. The van der Waals surface area contributed by atoms with Crippen molar-refractivity contribution in [3.05, 3.63) is 89.5 Å². The van der Waals surface area contributed by atoms with Gasteiger partial charge >= 0.3 is 0 Å². The average Bonchev–Trinajstić information content (AvgIpc) is 3.02. The van der Waals surface area contributed by atoms with Gasteiger partial charge in [0, 0.05) is 16.9 Å². The van der Waals surface area contributed by atoms with Gasteiger partial charge in [0.15, 0.2) is 0 Å². The van der Waals surface area contributed by atoms with E-state index in [1.165, 1.54) is 6.07 Å². The van der Waals surface area contributed by atoms with Crippen LogP contribution in [0.15, 0.2) is 72.8 Å². The molecule has 3 aromatic rings. The summed E-state index contributed by atoms with van der Waals surface area (Å²) in [5.41, 5.74) is 2.29. The number of carbonyl (C=O) groups is 3. The molecule has 0 atom stereocenters. The van der Waals surface area contributed by atoms with E-state index in [0.29, 0.717) is 22.6 Å². The van der Waals surface area contributed by atoms with E-state index in [4.69, 9.17) is 4.74 Å². The zero-order chi connectivity index (χ0) is 21.1. The largest absolute Gasteiger partial charge is 0.497 e. The van der Waals surface area contributed by atoms with Gasteiger partial charge in [0.2, 0.25) is 0 Å². The van der Waals surface area contributed by atoms with E-state index in [9.17, 15) is 14.4 Å². The topological polar surface area (TPSA) is 87.7 Å². The Morgan fingerprint density at radius 1 is 0.867 bits per heavy atom. The van der Waals surface area contributed by atoms with Crippen LogP contribution in [-0.2, 0) is 0 Å². The van der Waals surface area contributed by atoms with E-state index in [-0.39, 0.29) is 24.0 Å². The zero-order valence-corrected chi connectivity index (χ0v) is 16.2. The summed E-state index contributed by atoms with van der Waals surface area (Å²) in [6, 6.07) is 20.6. The SMILES string of the molecule is COc1ccc(NCN2C(=O)c3ccc(NC(=O)c4ccccc4)cc3C2=O)cc1. The van der Waals surface area contributed by atoms with Crippen LogP contribution in [0.5, 0.6) is 5.75 Å². The molecule has 7 nitrogen and oxygen atoms in total. The predicted molar refractivity (Wildman–Crippen MR) is 113 cm³/mol. The smallest absolute Gasteiger partial charge is 0.263 e. The van der Waals surface area contributed by atoms with Crippen LogP contribution in [0.3, 0.4) is 0 Å². The summed E-state index contributed by atoms with van der Waals surface area (Å²) >= 11 is 0. The van der Waals surface area contributed by atoms with Crippen LogP contribution in [0.2, 0.25) is 0 Å². The van der Waals surface area contributed by atoms with E-state index in [2.05, 4.69) is 10.6 Å². The number of fused-ring (bicyclic) bond motifs is 1.